The number of rotatable bonds is 6. The molecule has 0 aromatic heterocycles. The standard InChI is InChI=1S/C28H24N2O3P.BrH/c31-28-27(19-20-29(28)22-11-10-12-23(21-22)30(32)33)34(24-13-4-1-5-14-24,25-15-6-2-7-16-25)26-17-8-3-9-18-26;/h1-18,21,27H,19-20H2;1H/q+1;/p-1. The van der Waals surface area contributed by atoms with Gasteiger partial charge in [-0.3, -0.25) is 14.9 Å². The first kappa shape index (κ1) is 24.8. The van der Waals surface area contributed by atoms with E-state index in [1.165, 1.54) is 12.1 Å². The Kier molecular flexibility index (Phi) is 7.44. The molecule has 0 bridgehead atoms. The Morgan fingerprint density at radius 3 is 1.69 bits per heavy atom. The van der Waals surface area contributed by atoms with Crippen LogP contribution in [0.2, 0.25) is 0 Å². The second-order valence-corrected chi connectivity index (χ2v) is 11.9. The van der Waals surface area contributed by atoms with Crippen LogP contribution < -0.4 is 37.8 Å². The molecule has 1 heterocycles. The van der Waals surface area contributed by atoms with Crippen LogP contribution in [0.3, 0.4) is 0 Å². The summed E-state index contributed by atoms with van der Waals surface area (Å²) in [6, 6.07) is 37.4. The van der Waals surface area contributed by atoms with E-state index in [-0.39, 0.29) is 34.2 Å². The van der Waals surface area contributed by atoms with Gasteiger partial charge in [0, 0.05) is 25.1 Å². The summed E-state index contributed by atoms with van der Waals surface area (Å²) in [6.07, 6.45) is 0.675. The molecule has 4 aromatic carbocycles. The predicted molar refractivity (Wildman–Crippen MR) is 139 cm³/mol. The van der Waals surface area contributed by atoms with Crippen molar-refractivity contribution < 1.29 is 26.7 Å². The number of non-ortho nitro benzene ring substituents is 1. The molecule has 0 spiro atoms. The highest BCUT2D eigenvalue weighted by Gasteiger charge is 2.58. The lowest BCUT2D eigenvalue weighted by Crippen LogP contribution is -3.00. The third kappa shape index (κ3) is 4.40. The van der Waals surface area contributed by atoms with E-state index in [9.17, 15) is 14.9 Å². The summed E-state index contributed by atoms with van der Waals surface area (Å²) in [4.78, 5) is 26.8. The van der Waals surface area contributed by atoms with Crippen molar-refractivity contribution >= 4 is 40.5 Å². The van der Waals surface area contributed by atoms with E-state index in [1.807, 2.05) is 54.6 Å². The third-order valence-corrected chi connectivity index (χ3v) is 11.2. The number of carbonyl (C=O) groups is 1. The highest BCUT2D eigenvalue weighted by atomic mass is 79.9. The number of nitro groups is 1. The molecule has 7 heteroatoms. The van der Waals surface area contributed by atoms with Gasteiger partial charge in [0.05, 0.1) is 10.6 Å². The molecule has 1 fully saturated rings. The Morgan fingerprint density at radius 1 is 0.743 bits per heavy atom. The van der Waals surface area contributed by atoms with Crippen molar-refractivity contribution in [2.24, 2.45) is 0 Å². The van der Waals surface area contributed by atoms with E-state index in [0.29, 0.717) is 18.7 Å². The maximum absolute atomic E-state index is 14.1. The van der Waals surface area contributed by atoms with E-state index in [4.69, 9.17) is 0 Å². The zero-order valence-corrected chi connectivity index (χ0v) is 21.4. The maximum atomic E-state index is 14.1. The normalized spacial score (nSPS) is 15.5. The number of nitrogens with zero attached hydrogens (tertiary/aromatic N) is 2. The summed E-state index contributed by atoms with van der Waals surface area (Å²) in [5, 5.41) is 14.8. The molecule has 5 nitrogen and oxygen atoms in total. The number of benzene rings is 4. The van der Waals surface area contributed by atoms with Gasteiger partial charge >= 0.3 is 0 Å². The van der Waals surface area contributed by atoms with E-state index >= 15 is 0 Å². The molecule has 1 amide bonds. The Hall–Kier alpha value is -3.34. The summed E-state index contributed by atoms with van der Waals surface area (Å²) in [5.41, 5.74) is 0.303. The highest BCUT2D eigenvalue weighted by molar-refractivity contribution is 7.97. The zero-order chi connectivity index (χ0) is 23.5. The molecule has 0 radical (unpaired) electrons. The molecule has 1 aliphatic rings. The molecule has 1 atom stereocenters. The van der Waals surface area contributed by atoms with Gasteiger partial charge in [-0.25, -0.2) is 0 Å². The molecular weight excluding hydrogens is 523 g/mol. The first-order valence-corrected chi connectivity index (χ1v) is 13.1. The van der Waals surface area contributed by atoms with E-state index in [2.05, 4.69) is 36.4 Å². The molecule has 35 heavy (non-hydrogen) atoms. The average molecular weight is 547 g/mol. The number of anilines is 1. The summed E-state index contributed by atoms with van der Waals surface area (Å²) in [7, 11) is -2.37. The van der Waals surface area contributed by atoms with Gasteiger partial charge in [0.25, 0.3) is 11.6 Å². The summed E-state index contributed by atoms with van der Waals surface area (Å²) in [5.74, 6) is 0.0189. The molecule has 1 aliphatic heterocycles. The molecule has 1 saturated heterocycles. The number of halogens is 1. The minimum absolute atomic E-state index is 0. The second-order valence-electron chi connectivity index (χ2n) is 8.30. The van der Waals surface area contributed by atoms with Crippen molar-refractivity contribution in [3.05, 3.63) is 125 Å². The molecule has 5 rings (SSSR count). The fourth-order valence-electron chi connectivity index (χ4n) is 5.03. The lowest BCUT2D eigenvalue weighted by atomic mass is 10.2. The van der Waals surface area contributed by atoms with E-state index in [1.54, 1.807) is 17.0 Å². The molecule has 0 N–H and O–H groups in total. The molecule has 4 aromatic rings. The van der Waals surface area contributed by atoms with Gasteiger partial charge in [-0.1, -0.05) is 60.7 Å². The molecule has 0 aliphatic carbocycles. The van der Waals surface area contributed by atoms with Crippen LogP contribution in [-0.2, 0) is 4.79 Å². The van der Waals surface area contributed by atoms with Crippen molar-refractivity contribution in [3.63, 3.8) is 0 Å². The van der Waals surface area contributed by atoms with E-state index in [0.717, 1.165) is 15.9 Å². The minimum Gasteiger partial charge on any atom is -1.00 e. The minimum atomic E-state index is -2.37. The average Bonchev–Trinajstić information content (AvgIpc) is 3.28. The lowest BCUT2D eigenvalue weighted by molar-refractivity contribution is -0.384. The van der Waals surface area contributed by atoms with Crippen molar-refractivity contribution in [2.75, 3.05) is 11.4 Å². The van der Waals surface area contributed by atoms with Crippen LogP contribution in [0.1, 0.15) is 6.42 Å². The number of carbonyl (C=O) groups excluding carboxylic acids is 1. The van der Waals surface area contributed by atoms with Gasteiger partial charge in [-0.05, 0) is 42.5 Å². The second kappa shape index (κ2) is 10.5. The molecule has 176 valence electrons. The van der Waals surface area contributed by atoms with Crippen molar-refractivity contribution in [3.8, 4) is 0 Å². The van der Waals surface area contributed by atoms with Gasteiger partial charge in [0.15, 0.2) is 5.66 Å². The van der Waals surface area contributed by atoms with Crippen LogP contribution in [0.15, 0.2) is 115 Å². The molecule has 0 saturated carbocycles. The smallest absolute Gasteiger partial charge is 0.271 e. The summed E-state index contributed by atoms with van der Waals surface area (Å²) in [6.45, 7) is 0.527. The number of hydrogen-bond donors (Lipinski definition) is 0. The van der Waals surface area contributed by atoms with Crippen LogP contribution in [0.5, 0.6) is 0 Å². The van der Waals surface area contributed by atoms with Gasteiger partial charge in [-0.2, -0.15) is 0 Å². The Morgan fingerprint density at radius 2 is 1.23 bits per heavy atom. The van der Waals surface area contributed by atoms with Crippen LogP contribution in [0, 0.1) is 10.1 Å². The summed E-state index contributed by atoms with van der Waals surface area (Å²) >= 11 is 0. The van der Waals surface area contributed by atoms with Crippen molar-refractivity contribution in [2.45, 2.75) is 12.1 Å². The Labute approximate surface area is 215 Å². The monoisotopic (exact) mass is 546 g/mol. The molecule has 1 unspecified atom stereocenters. The van der Waals surface area contributed by atoms with Crippen LogP contribution in [0.4, 0.5) is 11.4 Å². The van der Waals surface area contributed by atoms with Crippen molar-refractivity contribution in [1.82, 2.24) is 0 Å². The quantitative estimate of drug-likeness (QED) is 0.210. The first-order valence-electron chi connectivity index (χ1n) is 11.2. The fourth-order valence-corrected chi connectivity index (χ4v) is 9.91. The SMILES string of the molecule is O=C1C([P+](c2ccccc2)(c2ccccc2)c2ccccc2)CCN1c1cccc([N+](=O)[O-])c1.[Br-]. The van der Waals surface area contributed by atoms with Gasteiger partial charge < -0.3 is 21.9 Å². The van der Waals surface area contributed by atoms with Gasteiger partial charge in [0.1, 0.15) is 23.2 Å². The largest absolute Gasteiger partial charge is 1.00 e. The first-order chi connectivity index (χ1) is 16.6. The van der Waals surface area contributed by atoms with Gasteiger partial charge in [0.2, 0.25) is 0 Å². The van der Waals surface area contributed by atoms with Crippen LogP contribution in [0.25, 0.3) is 0 Å². The van der Waals surface area contributed by atoms with E-state index < -0.39 is 12.2 Å². The maximum Gasteiger partial charge on any atom is 0.271 e. The molecular formula is C28H24BrN2O3P. The fraction of sp³-hybridized carbons (Fsp3) is 0.107. The van der Waals surface area contributed by atoms with Crippen molar-refractivity contribution in [1.29, 1.82) is 0 Å². The zero-order valence-electron chi connectivity index (χ0n) is 18.9. The third-order valence-electron chi connectivity index (χ3n) is 6.49. The number of amides is 1. The summed E-state index contributed by atoms with van der Waals surface area (Å²) < 4.78 is 0. The van der Waals surface area contributed by atoms with Crippen LogP contribution in [-0.4, -0.2) is 23.0 Å². The number of hydrogen-bond acceptors (Lipinski definition) is 3. The number of nitro benzene ring substituents is 1. The van der Waals surface area contributed by atoms with Gasteiger partial charge in [-0.15, -0.1) is 0 Å². The highest BCUT2D eigenvalue weighted by Crippen LogP contribution is 2.62. The Balaban J connectivity index is 0.00000289. The lowest BCUT2D eigenvalue weighted by Gasteiger charge is -2.32. The predicted octanol–water partition coefficient (Wildman–Crippen LogP) is 1.70. The topological polar surface area (TPSA) is 63.5 Å². The van der Waals surface area contributed by atoms with Crippen LogP contribution >= 0.6 is 7.26 Å². The Bertz CT molecular complexity index is 1220.